The van der Waals surface area contributed by atoms with E-state index in [1.54, 1.807) is 0 Å². The normalized spacial score (nSPS) is 15.4. The highest BCUT2D eigenvalue weighted by Gasteiger charge is 2.21. The zero-order valence-electron chi connectivity index (χ0n) is 12.5. The summed E-state index contributed by atoms with van der Waals surface area (Å²) in [6.07, 6.45) is 2.79. The highest BCUT2D eigenvalue weighted by Crippen LogP contribution is 2.23. The molecule has 2 rings (SSSR count). The lowest BCUT2D eigenvalue weighted by molar-refractivity contribution is -0.129. The largest absolute Gasteiger partial charge is 0.378 e. The zero-order valence-corrected chi connectivity index (χ0v) is 14.0. The Hall–Kier alpha value is -1.29. The van der Waals surface area contributed by atoms with Crippen molar-refractivity contribution in [3.05, 3.63) is 45.2 Å². The molecule has 20 heavy (non-hydrogen) atoms. The van der Waals surface area contributed by atoms with Crippen LogP contribution in [0, 0.1) is 13.8 Å². The molecule has 1 heterocycles. The van der Waals surface area contributed by atoms with Gasteiger partial charge in [0.2, 0.25) is 5.91 Å². The number of halogens is 1. The molecule has 1 N–H and O–H groups in total. The molecule has 1 aromatic carbocycles. The second kappa shape index (κ2) is 6.00. The first-order valence-electron chi connectivity index (χ1n) is 6.90. The van der Waals surface area contributed by atoms with Gasteiger partial charge in [0, 0.05) is 28.8 Å². The van der Waals surface area contributed by atoms with Gasteiger partial charge in [-0.1, -0.05) is 15.9 Å². The Bertz CT molecular complexity index is 541. The molecular weight excluding hydrogens is 316 g/mol. The first-order chi connectivity index (χ1) is 9.38. The summed E-state index contributed by atoms with van der Waals surface area (Å²) < 4.78 is 1.11. The number of benzene rings is 1. The fourth-order valence-corrected chi connectivity index (χ4v) is 3.21. The number of amides is 1. The van der Waals surface area contributed by atoms with Crippen molar-refractivity contribution < 1.29 is 4.79 Å². The van der Waals surface area contributed by atoms with Gasteiger partial charge >= 0.3 is 0 Å². The third kappa shape index (κ3) is 3.23. The molecule has 0 bridgehead atoms. The second-order valence-electron chi connectivity index (χ2n) is 5.60. The Morgan fingerprint density at radius 3 is 2.45 bits per heavy atom. The Labute approximate surface area is 129 Å². The van der Waals surface area contributed by atoms with E-state index in [4.69, 9.17) is 0 Å². The smallest absolute Gasteiger partial charge is 0.246 e. The Morgan fingerprint density at radius 2 is 1.90 bits per heavy atom. The lowest BCUT2D eigenvalue weighted by Gasteiger charge is -2.29. The molecule has 0 saturated heterocycles. The van der Waals surface area contributed by atoms with Crippen molar-refractivity contribution >= 4 is 21.8 Å². The maximum absolute atomic E-state index is 11.8. The van der Waals surface area contributed by atoms with Crippen LogP contribution in [0.25, 0.3) is 0 Å². The van der Waals surface area contributed by atoms with E-state index in [1.165, 1.54) is 16.7 Å². The standard InChI is InChI=1S/C16H21BrN2O/c1-10(2)19-9-14(18-8-16(19)20)7-15-11(3)5-13(17)6-12(15)4/h5-6,9-10,18H,7-8H2,1-4H3. The summed E-state index contributed by atoms with van der Waals surface area (Å²) in [5, 5.41) is 3.23. The highest BCUT2D eigenvalue weighted by molar-refractivity contribution is 9.10. The molecule has 0 unspecified atom stereocenters. The van der Waals surface area contributed by atoms with Gasteiger partial charge in [-0.2, -0.15) is 0 Å². The topological polar surface area (TPSA) is 32.3 Å². The van der Waals surface area contributed by atoms with Crippen LogP contribution in [0.3, 0.4) is 0 Å². The quantitative estimate of drug-likeness (QED) is 0.918. The minimum Gasteiger partial charge on any atom is -0.378 e. The summed E-state index contributed by atoms with van der Waals surface area (Å²) in [6, 6.07) is 4.47. The van der Waals surface area contributed by atoms with Crippen LogP contribution in [0.4, 0.5) is 0 Å². The second-order valence-corrected chi connectivity index (χ2v) is 6.51. The van der Waals surface area contributed by atoms with Gasteiger partial charge in [-0.15, -0.1) is 0 Å². The van der Waals surface area contributed by atoms with Gasteiger partial charge in [-0.3, -0.25) is 4.79 Å². The number of hydrogen-bond acceptors (Lipinski definition) is 2. The van der Waals surface area contributed by atoms with Crippen molar-refractivity contribution in [2.45, 2.75) is 40.2 Å². The van der Waals surface area contributed by atoms with Gasteiger partial charge in [-0.05, 0) is 56.5 Å². The average Bonchev–Trinajstić information content (AvgIpc) is 2.35. The molecule has 0 fully saturated rings. The van der Waals surface area contributed by atoms with Crippen molar-refractivity contribution in [1.82, 2.24) is 10.2 Å². The number of nitrogens with one attached hydrogen (secondary N) is 1. The van der Waals surface area contributed by atoms with E-state index in [0.717, 1.165) is 16.6 Å². The van der Waals surface area contributed by atoms with E-state index < -0.39 is 0 Å². The van der Waals surface area contributed by atoms with Crippen LogP contribution in [0.2, 0.25) is 0 Å². The third-order valence-corrected chi connectivity index (χ3v) is 4.09. The molecule has 0 radical (unpaired) electrons. The number of carbonyl (C=O) groups is 1. The molecular formula is C16H21BrN2O. The fourth-order valence-electron chi connectivity index (χ4n) is 2.52. The lowest BCUT2D eigenvalue weighted by atomic mass is 9.98. The summed E-state index contributed by atoms with van der Waals surface area (Å²) in [5.41, 5.74) is 4.97. The number of carbonyl (C=O) groups excluding carboxylic acids is 1. The molecule has 4 heteroatoms. The molecule has 3 nitrogen and oxygen atoms in total. The molecule has 0 spiro atoms. The van der Waals surface area contributed by atoms with E-state index in [9.17, 15) is 4.79 Å². The molecule has 0 atom stereocenters. The molecule has 0 aliphatic carbocycles. The van der Waals surface area contributed by atoms with Crippen LogP contribution >= 0.6 is 15.9 Å². The van der Waals surface area contributed by atoms with Gasteiger partial charge in [-0.25, -0.2) is 0 Å². The third-order valence-electron chi connectivity index (χ3n) is 3.63. The maximum Gasteiger partial charge on any atom is 0.246 e. The maximum atomic E-state index is 11.8. The lowest BCUT2D eigenvalue weighted by Crippen LogP contribution is -2.43. The van der Waals surface area contributed by atoms with Gasteiger partial charge < -0.3 is 10.2 Å². The predicted octanol–water partition coefficient (Wildman–Crippen LogP) is 3.29. The van der Waals surface area contributed by atoms with Crippen LogP contribution in [0.5, 0.6) is 0 Å². The van der Waals surface area contributed by atoms with Gasteiger partial charge in [0.05, 0.1) is 6.54 Å². The first kappa shape index (κ1) is 15.1. The zero-order chi connectivity index (χ0) is 14.9. The van der Waals surface area contributed by atoms with Crippen LogP contribution in [-0.2, 0) is 11.2 Å². The van der Waals surface area contributed by atoms with E-state index in [-0.39, 0.29) is 11.9 Å². The molecule has 1 aromatic rings. The molecule has 108 valence electrons. The van der Waals surface area contributed by atoms with Crippen molar-refractivity contribution in [2.24, 2.45) is 0 Å². The Morgan fingerprint density at radius 1 is 1.30 bits per heavy atom. The van der Waals surface area contributed by atoms with Crippen molar-refractivity contribution in [3.63, 3.8) is 0 Å². The SMILES string of the molecule is Cc1cc(Br)cc(C)c1CC1=CN(C(C)C)C(=O)CN1. The molecule has 1 amide bonds. The Kier molecular flexibility index (Phi) is 4.53. The number of aryl methyl sites for hydroxylation is 2. The average molecular weight is 337 g/mol. The van der Waals surface area contributed by atoms with Gasteiger partial charge in [0.25, 0.3) is 0 Å². The fraction of sp³-hybridized carbons (Fsp3) is 0.438. The monoisotopic (exact) mass is 336 g/mol. The highest BCUT2D eigenvalue weighted by atomic mass is 79.9. The first-order valence-corrected chi connectivity index (χ1v) is 7.69. The Balaban J connectivity index is 2.26. The minimum atomic E-state index is 0.132. The molecule has 1 aliphatic rings. The summed E-state index contributed by atoms with van der Waals surface area (Å²) in [5.74, 6) is 0.132. The number of rotatable bonds is 3. The van der Waals surface area contributed by atoms with E-state index in [2.05, 4.69) is 47.2 Å². The summed E-state index contributed by atoms with van der Waals surface area (Å²) >= 11 is 3.53. The summed E-state index contributed by atoms with van der Waals surface area (Å²) in [6.45, 7) is 8.71. The number of nitrogens with zero attached hydrogens (tertiary/aromatic N) is 1. The number of hydrogen-bond donors (Lipinski definition) is 1. The van der Waals surface area contributed by atoms with Gasteiger partial charge in [0.15, 0.2) is 0 Å². The van der Waals surface area contributed by atoms with Crippen LogP contribution in [0.15, 0.2) is 28.5 Å². The molecule has 0 saturated carbocycles. The minimum absolute atomic E-state index is 0.132. The van der Waals surface area contributed by atoms with Gasteiger partial charge in [0.1, 0.15) is 0 Å². The van der Waals surface area contributed by atoms with E-state index >= 15 is 0 Å². The van der Waals surface area contributed by atoms with Crippen molar-refractivity contribution in [2.75, 3.05) is 6.54 Å². The van der Waals surface area contributed by atoms with Crippen molar-refractivity contribution in [3.8, 4) is 0 Å². The predicted molar refractivity (Wildman–Crippen MR) is 85.4 cm³/mol. The number of allylic oxidation sites excluding steroid dienone is 1. The van der Waals surface area contributed by atoms with E-state index in [0.29, 0.717) is 6.54 Å². The van der Waals surface area contributed by atoms with Crippen LogP contribution in [0.1, 0.15) is 30.5 Å². The van der Waals surface area contributed by atoms with Crippen LogP contribution in [-0.4, -0.2) is 23.4 Å². The van der Waals surface area contributed by atoms with Crippen molar-refractivity contribution in [1.29, 1.82) is 0 Å². The van der Waals surface area contributed by atoms with Crippen LogP contribution < -0.4 is 5.32 Å². The summed E-state index contributed by atoms with van der Waals surface area (Å²) in [7, 11) is 0. The molecule has 1 aliphatic heterocycles. The molecule has 0 aromatic heterocycles. The summed E-state index contributed by atoms with van der Waals surface area (Å²) in [4.78, 5) is 13.6. The van der Waals surface area contributed by atoms with E-state index in [1.807, 2.05) is 24.9 Å².